The normalized spacial score (nSPS) is 12.2. The zero-order chi connectivity index (χ0) is 12.1. The van der Waals surface area contributed by atoms with E-state index in [1.54, 1.807) is 18.2 Å². The molecule has 6 heteroatoms. The molecule has 1 aromatic rings. The summed E-state index contributed by atoms with van der Waals surface area (Å²) >= 11 is 10.8. The van der Waals surface area contributed by atoms with Crippen LogP contribution in [0.2, 0.25) is 5.02 Å². The lowest BCUT2D eigenvalue weighted by Gasteiger charge is -2.11. The molecule has 1 rings (SSSR count). The summed E-state index contributed by atoms with van der Waals surface area (Å²) in [6.07, 6.45) is -0.797. The molecule has 0 aliphatic heterocycles. The van der Waals surface area contributed by atoms with E-state index in [9.17, 15) is 0 Å². The van der Waals surface area contributed by atoms with Crippen LogP contribution in [0.4, 0.5) is 5.69 Å². The van der Waals surface area contributed by atoms with E-state index in [1.807, 2.05) is 0 Å². The lowest BCUT2D eigenvalue weighted by atomic mass is 10.2. The van der Waals surface area contributed by atoms with Crippen molar-refractivity contribution in [1.82, 2.24) is 0 Å². The van der Waals surface area contributed by atoms with Crippen LogP contribution in [0.1, 0.15) is 5.56 Å². The third kappa shape index (κ3) is 3.61. The first-order valence-corrected chi connectivity index (χ1v) is 5.45. The van der Waals surface area contributed by atoms with Crippen molar-refractivity contribution >= 4 is 34.5 Å². The number of benzene rings is 1. The number of aliphatic hydroxyl groups excluding tert-OH is 2. The number of halogens is 1. The summed E-state index contributed by atoms with van der Waals surface area (Å²) in [7, 11) is 0. The van der Waals surface area contributed by atoms with Crippen molar-refractivity contribution in [2.45, 2.75) is 6.10 Å². The maximum absolute atomic E-state index is 9.15. The summed E-state index contributed by atoms with van der Waals surface area (Å²) in [5.74, 6) is 0. The summed E-state index contributed by atoms with van der Waals surface area (Å²) in [5, 5.41) is 21.2. The predicted molar refractivity (Wildman–Crippen MR) is 68.9 cm³/mol. The molecule has 0 bridgehead atoms. The van der Waals surface area contributed by atoms with Crippen LogP contribution in [0, 0.1) is 0 Å². The minimum absolute atomic E-state index is 0.243. The summed E-state index contributed by atoms with van der Waals surface area (Å²) in [4.78, 5) is 0.243. The van der Waals surface area contributed by atoms with Gasteiger partial charge in [-0.1, -0.05) is 23.8 Å². The van der Waals surface area contributed by atoms with E-state index in [2.05, 4.69) is 5.32 Å². The highest BCUT2D eigenvalue weighted by Crippen LogP contribution is 2.20. The van der Waals surface area contributed by atoms with Gasteiger partial charge in [-0.05, 0) is 18.2 Å². The number of thiocarbonyl (C=S) groups is 1. The molecule has 0 aromatic heterocycles. The molecule has 0 aliphatic carbocycles. The van der Waals surface area contributed by atoms with Crippen molar-refractivity contribution in [1.29, 1.82) is 0 Å². The van der Waals surface area contributed by atoms with Gasteiger partial charge in [0.1, 0.15) is 4.99 Å². The molecule has 16 heavy (non-hydrogen) atoms. The van der Waals surface area contributed by atoms with E-state index >= 15 is 0 Å². The first kappa shape index (κ1) is 13.2. The lowest BCUT2D eigenvalue weighted by molar-refractivity contribution is 0.105. The molecule has 1 unspecified atom stereocenters. The van der Waals surface area contributed by atoms with Gasteiger partial charge in [-0.15, -0.1) is 0 Å². The maximum Gasteiger partial charge on any atom is 0.105 e. The molecule has 0 saturated heterocycles. The standard InChI is InChI=1S/C10H13ClN2O2S/c11-9-3-6(13-4-7(15)5-14)1-2-8(9)10(12)16/h1-3,7,13-15H,4-5H2,(H2,12,16). The monoisotopic (exact) mass is 260 g/mol. The highest BCUT2D eigenvalue weighted by molar-refractivity contribution is 7.80. The minimum Gasteiger partial charge on any atom is -0.394 e. The zero-order valence-electron chi connectivity index (χ0n) is 8.48. The largest absolute Gasteiger partial charge is 0.394 e. The van der Waals surface area contributed by atoms with Gasteiger partial charge >= 0.3 is 0 Å². The Balaban J connectivity index is 2.70. The molecule has 1 aromatic carbocycles. The van der Waals surface area contributed by atoms with Crippen LogP contribution in [-0.4, -0.2) is 34.5 Å². The first-order valence-electron chi connectivity index (χ1n) is 4.66. The van der Waals surface area contributed by atoms with Gasteiger partial charge in [0.2, 0.25) is 0 Å². The summed E-state index contributed by atoms with van der Waals surface area (Å²) in [5.41, 5.74) is 6.81. The fourth-order valence-corrected chi connectivity index (χ4v) is 1.64. The Bertz CT molecular complexity index is 387. The molecule has 0 saturated carbocycles. The quantitative estimate of drug-likeness (QED) is 0.588. The van der Waals surface area contributed by atoms with Crippen LogP contribution in [0.3, 0.4) is 0 Å². The molecule has 4 nitrogen and oxygen atoms in total. The number of anilines is 1. The second-order valence-corrected chi connectivity index (χ2v) is 4.12. The highest BCUT2D eigenvalue weighted by atomic mass is 35.5. The molecule has 88 valence electrons. The average Bonchev–Trinajstić information content (AvgIpc) is 2.25. The number of rotatable bonds is 5. The second-order valence-electron chi connectivity index (χ2n) is 3.28. The number of nitrogens with one attached hydrogen (secondary N) is 1. The smallest absolute Gasteiger partial charge is 0.105 e. The predicted octanol–water partition coefficient (Wildman–Crippen LogP) is 0.739. The average molecular weight is 261 g/mol. The Morgan fingerprint density at radius 1 is 1.56 bits per heavy atom. The van der Waals surface area contributed by atoms with E-state index in [0.717, 1.165) is 5.69 Å². The fourth-order valence-electron chi connectivity index (χ4n) is 1.13. The Labute approximate surface area is 104 Å². The van der Waals surface area contributed by atoms with Crippen LogP contribution >= 0.6 is 23.8 Å². The van der Waals surface area contributed by atoms with Crippen molar-refractivity contribution in [2.24, 2.45) is 5.73 Å². The topological polar surface area (TPSA) is 78.5 Å². The van der Waals surface area contributed by atoms with E-state index in [1.165, 1.54) is 0 Å². The van der Waals surface area contributed by atoms with Gasteiger partial charge in [-0.2, -0.15) is 0 Å². The zero-order valence-corrected chi connectivity index (χ0v) is 10.1. The van der Waals surface area contributed by atoms with E-state index in [-0.39, 0.29) is 18.1 Å². The van der Waals surface area contributed by atoms with Crippen LogP contribution in [-0.2, 0) is 0 Å². The molecular weight excluding hydrogens is 248 g/mol. The van der Waals surface area contributed by atoms with Gasteiger partial charge < -0.3 is 21.3 Å². The van der Waals surface area contributed by atoms with Gasteiger partial charge in [0.25, 0.3) is 0 Å². The van der Waals surface area contributed by atoms with E-state index < -0.39 is 6.10 Å². The molecule has 0 fully saturated rings. The van der Waals surface area contributed by atoms with E-state index in [4.69, 9.17) is 39.8 Å². The molecule has 1 atom stereocenters. The van der Waals surface area contributed by atoms with Crippen LogP contribution < -0.4 is 11.1 Å². The maximum atomic E-state index is 9.15. The summed E-state index contributed by atoms with van der Waals surface area (Å²) in [6, 6.07) is 5.13. The molecule has 0 radical (unpaired) electrons. The molecule has 5 N–H and O–H groups in total. The summed E-state index contributed by atoms with van der Waals surface area (Å²) < 4.78 is 0. The third-order valence-corrected chi connectivity index (χ3v) is 2.52. The molecular formula is C10H13ClN2O2S. The van der Waals surface area contributed by atoms with Gasteiger partial charge in [0.15, 0.2) is 0 Å². The van der Waals surface area contributed by atoms with Crippen molar-refractivity contribution in [3.05, 3.63) is 28.8 Å². The van der Waals surface area contributed by atoms with Gasteiger partial charge in [0.05, 0.1) is 17.7 Å². The van der Waals surface area contributed by atoms with Crippen LogP contribution in [0.25, 0.3) is 0 Å². The molecule has 0 spiro atoms. The van der Waals surface area contributed by atoms with Crippen molar-refractivity contribution in [3.63, 3.8) is 0 Å². The van der Waals surface area contributed by atoms with Crippen LogP contribution in [0.15, 0.2) is 18.2 Å². The molecule has 0 amide bonds. The Morgan fingerprint density at radius 2 is 2.25 bits per heavy atom. The fraction of sp³-hybridized carbons (Fsp3) is 0.300. The van der Waals surface area contributed by atoms with Gasteiger partial charge in [0, 0.05) is 17.8 Å². The van der Waals surface area contributed by atoms with Crippen LogP contribution in [0.5, 0.6) is 0 Å². The Morgan fingerprint density at radius 3 is 2.75 bits per heavy atom. The SMILES string of the molecule is NC(=S)c1ccc(NCC(O)CO)cc1Cl. The molecule has 0 heterocycles. The van der Waals surface area contributed by atoms with Gasteiger partial charge in [-0.3, -0.25) is 0 Å². The van der Waals surface area contributed by atoms with Crippen molar-refractivity contribution in [3.8, 4) is 0 Å². The first-order chi connectivity index (χ1) is 7.54. The number of nitrogens with two attached hydrogens (primary N) is 1. The Hall–Kier alpha value is -0.880. The van der Waals surface area contributed by atoms with E-state index in [0.29, 0.717) is 10.6 Å². The van der Waals surface area contributed by atoms with Crippen molar-refractivity contribution < 1.29 is 10.2 Å². The number of hydrogen-bond donors (Lipinski definition) is 4. The minimum atomic E-state index is -0.797. The van der Waals surface area contributed by atoms with Crippen molar-refractivity contribution in [2.75, 3.05) is 18.5 Å². The second kappa shape index (κ2) is 6.00. The lowest BCUT2D eigenvalue weighted by Crippen LogP contribution is -2.23. The Kier molecular flexibility index (Phi) is 4.95. The number of hydrogen-bond acceptors (Lipinski definition) is 4. The third-order valence-electron chi connectivity index (χ3n) is 1.99. The highest BCUT2D eigenvalue weighted by Gasteiger charge is 2.05. The van der Waals surface area contributed by atoms with Gasteiger partial charge in [-0.25, -0.2) is 0 Å². The summed E-state index contributed by atoms with van der Waals surface area (Å²) in [6.45, 7) is -0.0368. The number of aliphatic hydroxyl groups is 2. The molecule has 0 aliphatic rings.